The number of hydrogen-bond donors (Lipinski definition) is 1. The SMILES string of the molecule is C=CCOC(=O)c1sc(N2C(=O)C(=O)/C(=C(/O)c3cccc(OCCCC)c3)C2c2ccc(OCc3ccccc3)c(OC)c2)nc1C. The highest BCUT2D eigenvalue weighted by Gasteiger charge is 2.48. The molecule has 10 nitrogen and oxygen atoms in total. The summed E-state index contributed by atoms with van der Waals surface area (Å²) in [6.45, 7) is 8.00. The number of benzene rings is 3. The number of unbranched alkanes of at least 4 members (excludes halogenated alkanes) is 1. The average molecular weight is 669 g/mol. The van der Waals surface area contributed by atoms with Gasteiger partial charge in [-0.2, -0.15) is 0 Å². The summed E-state index contributed by atoms with van der Waals surface area (Å²) in [5, 5.41) is 11.8. The van der Waals surface area contributed by atoms with Crippen molar-refractivity contribution in [3.63, 3.8) is 0 Å². The van der Waals surface area contributed by atoms with Crippen molar-refractivity contribution in [1.29, 1.82) is 0 Å². The van der Waals surface area contributed by atoms with E-state index in [2.05, 4.69) is 18.5 Å². The first-order valence-corrected chi connectivity index (χ1v) is 16.2. The first-order chi connectivity index (χ1) is 23.3. The van der Waals surface area contributed by atoms with Crippen molar-refractivity contribution in [2.45, 2.75) is 39.3 Å². The first kappa shape index (κ1) is 33.9. The number of ketones is 1. The van der Waals surface area contributed by atoms with Crippen LogP contribution in [0.15, 0.2) is 91.0 Å². The molecular formula is C37H36N2O8S. The third-order valence-corrected chi connectivity index (χ3v) is 8.70. The lowest BCUT2D eigenvalue weighted by Crippen LogP contribution is -2.29. The van der Waals surface area contributed by atoms with Gasteiger partial charge in [0.05, 0.1) is 31.0 Å². The maximum atomic E-state index is 13.8. The fourth-order valence-corrected chi connectivity index (χ4v) is 6.14. The van der Waals surface area contributed by atoms with Gasteiger partial charge in [0.2, 0.25) is 0 Å². The summed E-state index contributed by atoms with van der Waals surface area (Å²) in [6, 6.07) is 20.3. The number of aromatic nitrogens is 1. The monoisotopic (exact) mass is 668 g/mol. The van der Waals surface area contributed by atoms with E-state index in [0.717, 1.165) is 29.7 Å². The maximum Gasteiger partial charge on any atom is 0.350 e. The number of ether oxygens (including phenoxy) is 4. The van der Waals surface area contributed by atoms with Gasteiger partial charge in [-0.1, -0.05) is 85.9 Å². The minimum Gasteiger partial charge on any atom is -0.507 e. The lowest BCUT2D eigenvalue weighted by molar-refractivity contribution is -0.132. The van der Waals surface area contributed by atoms with Crippen LogP contribution in [-0.4, -0.2) is 48.1 Å². The van der Waals surface area contributed by atoms with Gasteiger partial charge in [-0.15, -0.1) is 0 Å². The highest BCUT2D eigenvalue weighted by atomic mass is 32.1. The molecule has 1 atom stereocenters. The zero-order chi connectivity index (χ0) is 34.2. The number of amides is 1. The fraction of sp³-hybridized carbons (Fsp3) is 0.243. The topological polar surface area (TPSA) is 124 Å². The second kappa shape index (κ2) is 15.4. The highest BCUT2D eigenvalue weighted by molar-refractivity contribution is 7.17. The second-order valence-electron chi connectivity index (χ2n) is 10.9. The number of thiazole rings is 1. The van der Waals surface area contributed by atoms with E-state index < -0.39 is 23.7 Å². The number of carbonyl (C=O) groups is 3. The Balaban J connectivity index is 1.61. The maximum absolute atomic E-state index is 13.8. The summed E-state index contributed by atoms with van der Waals surface area (Å²) in [7, 11) is 1.49. The zero-order valence-corrected chi connectivity index (χ0v) is 27.7. The Morgan fingerprint density at radius 2 is 1.83 bits per heavy atom. The first-order valence-electron chi connectivity index (χ1n) is 15.4. The molecule has 248 valence electrons. The molecule has 0 bridgehead atoms. The Kier molecular flexibility index (Phi) is 10.9. The molecule has 0 aliphatic carbocycles. The molecule has 2 heterocycles. The number of esters is 1. The number of anilines is 1. The predicted molar refractivity (Wildman–Crippen MR) is 183 cm³/mol. The summed E-state index contributed by atoms with van der Waals surface area (Å²) in [4.78, 5) is 46.2. The number of rotatable bonds is 14. The quantitative estimate of drug-likeness (QED) is 0.0371. The van der Waals surface area contributed by atoms with E-state index in [1.54, 1.807) is 49.4 Å². The van der Waals surface area contributed by atoms with Gasteiger partial charge in [0.25, 0.3) is 5.78 Å². The standard InChI is InChI=1S/C37H36N2O8S/c1-5-7-19-45-27-15-11-14-26(20-27)32(40)30-31(25-16-17-28(29(21-25)44-4)47-22-24-12-9-8-10-13-24)39(35(42)33(30)41)37-38-23(3)34(48-37)36(43)46-18-6-2/h6,8-17,20-21,31,40H,2,5,7,18-19,22H2,1,3-4H3/b32-30+. The molecule has 11 heteroatoms. The van der Waals surface area contributed by atoms with Crippen LogP contribution in [0.1, 0.15) is 57.9 Å². The third kappa shape index (κ3) is 7.26. The minimum absolute atomic E-state index is 0.00424. The molecule has 1 N–H and O–H groups in total. The summed E-state index contributed by atoms with van der Waals surface area (Å²) in [6.07, 6.45) is 3.25. The Hall–Kier alpha value is -5.42. The number of nitrogens with zero attached hydrogens (tertiary/aromatic N) is 2. The van der Waals surface area contributed by atoms with Crippen molar-refractivity contribution < 1.29 is 38.4 Å². The number of aryl methyl sites for hydroxylation is 1. The van der Waals surface area contributed by atoms with E-state index in [0.29, 0.717) is 40.7 Å². The van der Waals surface area contributed by atoms with Gasteiger partial charge in [0, 0.05) is 5.56 Å². The van der Waals surface area contributed by atoms with E-state index in [-0.39, 0.29) is 34.6 Å². The largest absolute Gasteiger partial charge is 0.507 e. The van der Waals surface area contributed by atoms with Crippen LogP contribution in [0.25, 0.3) is 5.76 Å². The molecule has 1 aliphatic heterocycles. The van der Waals surface area contributed by atoms with Crippen molar-refractivity contribution in [3.05, 3.63) is 118 Å². The average Bonchev–Trinajstić information content (AvgIpc) is 3.62. The predicted octanol–water partition coefficient (Wildman–Crippen LogP) is 7.19. The van der Waals surface area contributed by atoms with Gasteiger partial charge in [0.1, 0.15) is 29.6 Å². The van der Waals surface area contributed by atoms with E-state index in [1.165, 1.54) is 18.1 Å². The Bertz CT molecular complexity index is 1850. The van der Waals surface area contributed by atoms with Crippen LogP contribution in [0.2, 0.25) is 0 Å². The molecule has 1 saturated heterocycles. The fourth-order valence-electron chi connectivity index (χ4n) is 5.15. The Labute approximate surface area is 282 Å². The molecule has 3 aromatic carbocycles. The van der Waals surface area contributed by atoms with Crippen LogP contribution in [0.4, 0.5) is 5.13 Å². The normalized spacial score (nSPS) is 15.3. The number of aliphatic hydroxyl groups is 1. The molecule has 1 aliphatic rings. The number of Topliss-reactive ketones (excluding diaryl/α,β-unsaturated/α-hetero) is 1. The van der Waals surface area contributed by atoms with Crippen LogP contribution < -0.4 is 19.1 Å². The van der Waals surface area contributed by atoms with Gasteiger partial charge >= 0.3 is 11.9 Å². The van der Waals surface area contributed by atoms with Crippen LogP contribution in [0.5, 0.6) is 17.2 Å². The molecular weight excluding hydrogens is 632 g/mol. The molecule has 1 amide bonds. The van der Waals surface area contributed by atoms with Gasteiger partial charge in [-0.3, -0.25) is 14.5 Å². The summed E-state index contributed by atoms with van der Waals surface area (Å²) in [5.74, 6) is -1.55. The summed E-state index contributed by atoms with van der Waals surface area (Å²) >= 11 is 0.914. The number of methoxy groups -OCH3 is 1. The number of aliphatic hydroxyl groups excluding tert-OH is 1. The zero-order valence-electron chi connectivity index (χ0n) is 26.9. The van der Waals surface area contributed by atoms with E-state index >= 15 is 0 Å². The van der Waals surface area contributed by atoms with E-state index in [4.69, 9.17) is 18.9 Å². The van der Waals surface area contributed by atoms with Crippen molar-refractivity contribution in [2.75, 3.05) is 25.2 Å². The molecule has 0 spiro atoms. The lowest BCUT2D eigenvalue weighted by Gasteiger charge is -2.24. The molecule has 1 aromatic heterocycles. The van der Waals surface area contributed by atoms with Crippen molar-refractivity contribution in [2.24, 2.45) is 0 Å². The van der Waals surface area contributed by atoms with E-state index in [9.17, 15) is 19.5 Å². The van der Waals surface area contributed by atoms with Crippen molar-refractivity contribution >= 4 is 39.9 Å². The number of carbonyl (C=O) groups excluding carboxylic acids is 3. The molecule has 1 fully saturated rings. The second-order valence-corrected chi connectivity index (χ2v) is 11.9. The van der Waals surface area contributed by atoms with Crippen LogP contribution in [-0.2, 0) is 20.9 Å². The van der Waals surface area contributed by atoms with Crippen LogP contribution >= 0.6 is 11.3 Å². The molecule has 4 aromatic rings. The molecule has 1 unspecified atom stereocenters. The van der Waals surface area contributed by atoms with Crippen LogP contribution in [0.3, 0.4) is 0 Å². The number of hydrogen-bond acceptors (Lipinski definition) is 10. The summed E-state index contributed by atoms with van der Waals surface area (Å²) in [5.41, 5.74) is 1.86. The van der Waals surface area contributed by atoms with Gasteiger partial charge < -0.3 is 24.1 Å². The third-order valence-electron chi connectivity index (χ3n) is 7.57. The molecule has 5 rings (SSSR count). The molecule has 0 radical (unpaired) electrons. The van der Waals surface area contributed by atoms with Gasteiger partial charge in [-0.05, 0) is 48.7 Å². The van der Waals surface area contributed by atoms with Gasteiger partial charge in [0.15, 0.2) is 16.6 Å². The molecule has 48 heavy (non-hydrogen) atoms. The Morgan fingerprint density at radius 1 is 1.04 bits per heavy atom. The molecule has 0 saturated carbocycles. The smallest absolute Gasteiger partial charge is 0.350 e. The summed E-state index contributed by atoms with van der Waals surface area (Å²) < 4.78 is 22.8. The van der Waals surface area contributed by atoms with Crippen molar-refractivity contribution in [1.82, 2.24) is 4.98 Å². The van der Waals surface area contributed by atoms with Crippen molar-refractivity contribution in [3.8, 4) is 17.2 Å². The minimum atomic E-state index is -1.13. The van der Waals surface area contributed by atoms with Crippen LogP contribution in [0, 0.1) is 6.92 Å². The van der Waals surface area contributed by atoms with E-state index in [1.807, 2.05) is 30.3 Å². The lowest BCUT2D eigenvalue weighted by atomic mass is 9.95. The van der Waals surface area contributed by atoms with Gasteiger partial charge in [-0.25, -0.2) is 9.78 Å². The Morgan fingerprint density at radius 3 is 2.56 bits per heavy atom. The highest BCUT2D eigenvalue weighted by Crippen LogP contribution is 2.46.